The molecule has 0 saturated heterocycles. The van der Waals surface area contributed by atoms with Crippen LogP contribution in [0.5, 0.6) is 0 Å². The van der Waals surface area contributed by atoms with E-state index >= 15 is 0 Å². The number of nitrogen functional groups attached to an aromatic ring is 1. The Balaban J connectivity index is 3.09. The van der Waals surface area contributed by atoms with E-state index in [-0.39, 0.29) is 11.4 Å². The van der Waals surface area contributed by atoms with E-state index in [1.165, 1.54) is 32.4 Å². The highest BCUT2D eigenvalue weighted by atomic mass is 16.7. The third kappa shape index (κ3) is 2.66. The molecule has 1 aromatic carbocycles. The zero-order valence-corrected chi connectivity index (χ0v) is 8.95. The maximum Gasteiger partial charge on any atom is 0.271 e. The lowest BCUT2D eigenvalue weighted by Crippen LogP contribution is -2.23. The van der Waals surface area contributed by atoms with Crippen LogP contribution in [0.2, 0.25) is 0 Å². The normalized spacial score (nSPS) is 12.8. The minimum Gasteiger partial charge on any atom is -0.399 e. The van der Waals surface area contributed by atoms with Crippen LogP contribution < -0.4 is 5.73 Å². The van der Waals surface area contributed by atoms with Gasteiger partial charge in [-0.25, -0.2) is 0 Å². The summed E-state index contributed by atoms with van der Waals surface area (Å²) in [6, 6.07) is 3.92. The first kappa shape index (κ1) is 12.4. The van der Waals surface area contributed by atoms with Gasteiger partial charge in [0.1, 0.15) is 0 Å². The van der Waals surface area contributed by atoms with Crippen LogP contribution in [-0.4, -0.2) is 29.3 Å². The molecule has 3 N–H and O–H groups in total. The lowest BCUT2D eigenvalue weighted by molar-refractivity contribution is -0.385. The molecule has 7 nitrogen and oxygen atoms in total. The van der Waals surface area contributed by atoms with E-state index in [4.69, 9.17) is 10.6 Å². The van der Waals surface area contributed by atoms with E-state index in [9.17, 15) is 15.2 Å². The number of hydrogen-bond acceptors (Lipinski definition) is 6. The van der Waals surface area contributed by atoms with Crippen molar-refractivity contribution in [2.75, 3.05) is 19.9 Å². The maximum atomic E-state index is 10.6. The molecule has 1 atom stereocenters. The molecule has 0 fully saturated rings. The van der Waals surface area contributed by atoms with E-state index in [1.807, 2.05) is 0 Å². The van der Waals surface area contributed by atoms with Crippen LogP contribution in [-0.2, 0) is 4.84 Å². The molecule has 1 unspecified atom stereocenters. The standard InChI is InChI=1S/C9H13N3O4/c1-11(16-2)9(13)6-3-7(10)5-8(4-6)12(14)15/h3-5,9,13H,10H2,1-2H3. The SMILES string of the molecule is CON(C)C(O)c1cc(N)cc([N+](=O)[O-])c1. The Bertz CT molecular complexity index is 396. The van der Waals surface area contributed by atoms with Crippen molar-refractivity contribution in [3.05, 3.63) is 33.9 Å². The largest absolute Gasteiger partial charge is 0.399 e. The van der Waals surface area contributed by atoms with Crippen LogP contribution in [0.15, 0.2) is 18.2 Å². The van der Waals surface area contributed by atoms with E-state index in [0.29, 0.717) is 5.56 Å². The number of nitro benzene ring substituents is 1. The number of nitro groups is 1. The molecule has 0 bridgehead atoms. The second kappa shape index (κ2) is 4.88. The number of hydrogen-bond donors (Lipinski definition) is 2. The Morgan fingerprint density at radius 1 is 1.56 bits per heavy atom. The zero-order chi connectivity index (χ0) is 12.3. The second-order valence-corrected chi connectivity index (χ2v) is 3.22. The van der Waals surface area contributed by atoms with Gasteiger partial charge in [-0.15, -0.1) is 0 Å². The van der Waals surface area contributed by atoms with Gasteiger partial charge in [0.05, 0.1) is 12.0 Å². The van der Waals surface area contributed by atoms with E-state index in [2.05, 4.69) is 0 Å². The number of non-ortho nitro benzene ring substituents is 1. The number of benzene rings is 1. The van der Waals surface area contributed by atoms with Crippen molar-refractivity contribution in [2.45, 2.75) is 6.23 Å². The van der Waals surface area contributed by atoms with Crippen LogP contribution in [0.25, 0.3) is 0 Å². The lowest BCUT2D eigenvalue weighted by atomic mass is 10.1. The van der Waals surface area contributed by atoms with E-state index in [1.54, 1.807) is 0 Å². The van der Waals surface area contributed by atoms with Gasteiger partial charge in [-0.1, -0.05) is 0 Å². The maximum absolute atomic E-state index is 10.6. The van der Waals surface area contributed by atoms with E-state index < -0.39 is 11.2 Å². The molecule has 16 heavy (non-hydrogen) atoms. The molecule has 0 aromatic heterocycles. The first-order chi connectivity index (χ1) is 7.45. The molecule has 0 amide bonds. The quantitative estimate of drug-likeness (QED) is 0.339. The van der Waals surface area contributed by atoms with Gasteiger partial charge in [-0.3, -0.25) is 15.0 Å². The Kier molecular flexibility index (Phi) is 3.78. The fourth-order valence-electron chi connectivity index (χ4n) is 1.22. The van der Waals surface area contributed by atoms with Crippen molar-refractivity contribution in [3.63, 3.8) is 0 Å². The number of nitrogens with two attached hydrogens (primary N) is 1. The van der Waals surface area contributed by atoms with Crippen molar-refractivity contribution < 1.29 is 14.9 Å². The van der Waals surface area contributed by atoms with Gasteiger partial charge in [0.25, 0.3) is 5.69 Å². The van der Waals surface area contributed by atoms with Gasteiger partial charge in [-0.05, 0) is 6.07 Å². The van der Waals surface area contributed by atoms with Crippen LogP contribution in [0.3, 0.4) is 0 Å². The summed E-state index contributed by atoms with van der Waals surface area (Å²) >= 11 is 0. The van der Waals surface area contributed by atoms with Gasteiger partial charge in [0, 0.05) is 30.4 Å². The van der Waals surface area contributed by atoms with Gasteiger partial charge in [0.15, 0.2) is 6.23 Å². The average Bonchev–Trinajstić information content (AvgIpc) is 2.26. The topological polar surface area (TPSA) is 102 Å². The van der Waals surface area contributed by atoms with Crippen molar-refractivity contribution in [2.24, 2.45) is 0 Å². The highest BCUT2D eigenvalue weighted by Crippen LogP contribution is 2.24. The minimum atomic E-state index is -1.10. The number of anilines is 1. The molecule has 0 aliphatic heterocycles. The Morgan fingerprint density at radius 2 is 2.19 bits per heavy atom. The molecule has 0 heterocycles. The molecule has 1 rings (SSSR count). The van der Waals surface area contributed by atoms with Crippen molar-refractivity contribution in [3.8, 4) is 0 Å². The molecular weight excluding hydrogens is 214 g/mol. The number of aliphatic hydroxyl groups is 1. The van der Waals surface area contributed by atoms with Gasteiger partial charge in [-0.2, -0.15) is 5.06 Å². The first-order valence-electron chi connectivity index (χ1n) is 4.45. The fraction of sp³-hybridized carbons (Fsp3) is 0.333. The van der Waals surface area contributed by atoms with Crippen molar-refractivity contribution in [1.82, 2.24) is 5.06 Å². The van der Waals surface area contributed by atoms with Gasteiger partial charge < -0.3 is 10.8 Å². The molecule has 0 radical (unpaired) electrons. The highest BCUT2D eigenvalue weighted by Gasteiger charge is 2.17. The monoisotopic (exact) mass is 227 g/mol. The van der Waals surface area contributed by atoms with Crippen LogP contribution in [0, 0.1) is 10.1 Å². The van der Waals surface area contributed by atoms with Crippen LogP contribution in [0.4, 0.5) is 11.4 Å². The number of rotatable bonds is 4. The summed E-state index contributed by atoms with van der Waals surface area (Å²) in [5.74, 6) is 0. The fourth-order valence-corrected chi connectivity index (χ4v) is 1.22. The number of nitrogens with zero attached hydrogens (tertiary/aromatic N) is 2. The van der Waals surface area contributed by atoms with Crippen LogP contribution >= 0.6 is 0 Å². The smallest absolute Gasteiger partial charge is 0.271 e. The van der Waals surface area contributed by atoms with Crippen molar-refractivity contribution in [1.29, 1.82) is 0 Å². The predicted molar refractivity (Wildman–Crippen MR) is 57.2 cm³/mol. The summed E-state index contributed by atoms with van der Waals surface area (Å²) in [5.41, 5.74) is 5.85. The molecule has 0 spiro atoms. The zero-order valence-electron chi connectivity index (χ0n) is 8.95. The number of aliphatic hydroxyl groups excluding tert-OH is 1. The summed E-state index contributed by atoms with van der Waals surface area (Å²) in [4.78, 5) is 14.8. The minimum absolute atomic E-state index is 0.168. The Morgan fingerprint density at radius 3 is 2.69 bits per heavy atom. The molecule has 7 heteroatoms. The summed E-state index contributed by atoms with van der Waals surface area (Å²) in [5, 5.41) is 21.5. The van der Waals surface area contributed by atoms with Crippen LogP contribution in [0.1, 0.15) is 11.8 Å². The van der Waals surface area contributed by atoms with E-state index in [0.717, 1.165) is 5.06 Å². The molecular formula is C9H13N3O4. The summed E-state index contributed by atoms with van der Waals surface area (Å²) < 4.78 is 0. The van der Waals surface area contributed by atoms with Gasteiger partial charge in [0.2, 0.25) is 0 Å². The lowest BCUT2D eigenvalue weighted by Gasteiger charge is -2.20. The molecule has 0 aliphatic carbocycles. The molecule has 0 saturated carbocycles. The molecule has 1 aromatic rings. The number of hydroxylamine groups is 2. The summed E-state index contributed by atoms with van der Waals surface area (Å²) in [6.07, 6.45) is -1.10. The van der Waals surface area contributed by atoms with Gasteiger partial charge >= 0.3 is 0 Å². The molecule has 0 aliphatic rings. The third-order valence-corrected chi connectivity index (χ3v) is 2.10. The van der Waals surface area contributed by atoms with Crippen molar-refractivity contribution >= 4 is 11.4 Å². The average molecular weight is 227 g/mol. The summed E-state index contributed by atoms with van der Waals surface area (Å²) in [7, 11) is 2.88. The first-order valence-corrected chi connectivity index (χ1v) is 4.45. The predicted octanol–water partition coefficient (Wildman–Crippen LogP) is 0.661. The summed E-state index contributed by atoms with van der Waals surface area (Å²) in [6.45, 7) is 0. The Labute approximate surface area is 92.1 Å². The third-order valence-electron chi connectivity index (χ3n) is 2.10. The Hall–Kier alpha value is -1.70. The second-order valence-electron chi connectivity index (χ2n) is 3.22. The highest BCUT2D eigenvalue weighted by molar-refractivity contribution is 5.51. The molecule has 88 valence electrons.